The van der Waals surface area contributed by atoms with E-state index in [0.717, 1.165) is 15.8 Å². The Morgan fingerprint density at radius 2 is 2.24 bits per heavy atom. The van der Waals surface area contributed by atoms with Crippen LogP contribution in [-0.4, -0.2) is 27.0 Å². The highest BCUT2D eigenvalue weighted by molar-refractivity contribution is 8.00. The molecule has 2 heterocycles. The number of hydrogen-bond acceptors (Lipinski definition) is 6. The van der Waals surface area contributed by atoms with Crippen molar-refractivity contribution in [2.24, 2.45) is 0 Å². The molecule has 0 unspecified atom stereocenters. The molecule has 1 amide bonds. The number of carbonyl (C=O) groups excluding carboxylic acids is 1. The second kappa shape index (κ2) is 5.92. The fourth-order valence-electron chi connectivity index (χ4n) is 1.85. The number of fused-ring (bicyclic) bond motifs is 1. The van der Waals surface area contributed by atoms with E-state index < -0.39 is 0 Å². The average Bonchev–Trinajstić information content (AvgIpc) is 2.90. The number of hydrogen-bond donors (Lipinski definition) is 1. The van der Waals surface area contributed by atoms with Gasteiger partial charge in [-0.25, -0.2) is 0 Å². The van der Waals surface area contributed by atoms with Crippen LogP contribution in [-0.2, 0) is 4.79 Å². The van der Waals surface area contributed by atoms with Gasteiger partial charge in [-0.1, -0.05) is 41.2 Å². The molecule has 7 heteroatoms. The van der Waals surface area contributed by atoms with Crippen LogP contribution in [0.25, 0.3) is 10.8 Å². The van der Waals surface area contributed by atoms with Crippen LogP contribution < -0.4 is 5.32 Å². The lowest BCUT2D eigenvalue weighted by Gasteiger charge is -2.04. The van der Waals surface area contributed by atoms with Gasteiger partial charge >= 0.3 is 0 Å². The number of nitrogens with zero attached hydrogens (tertiary/aromatic N) is 3. The molecule has 0 aliphatic rings. The molecule has 3 rings (SSSR count). The predicted octanol–water partition coefficient (Wildman–Crippen LogP) is 2.66. The molecule has 0 fully saturated rings. The Hall–Kier alpha value is -2.41. The third-order valence-corrected chi connectivity index (χ3v) is 3.75. The molecular formula is C14H12N4O2S. The van der Waals surface area contributed by atoms with Crippen LogP contribution in [0.2, 0.25) is 0 Å². The first-order chi connectivity index (χ1) is 10.2. The quantitative estimate of drug-likeness (QED) is 0.746. The summed E-state index contributed by atoms with van der Waals surface area (Å²) in [4.78, 5) is 11.9. The van der Waals surface area contributed by atoms with Crippen LogP contribution in [0, 0.1) is 6.92 Å². The van der Waals surface area contributed by atoms with Crippen molar-refractivity contribution in [2.45, 2.75) is 11.9 Å². The van der Waals surface area contributed by atoms with Crippen LogP contribution in [0.1, 0.15) is 5.76 Å². The van der Waals surface area contributed by atoms with Crippen molar-refractivity contribution in [1.29, 1.82) is 0 Å². The zero-order valence-electron chi connectivity index (χ0n) is 11.2. The lowest BCUT2D eigenvalue weighted by molar-refractivity contribution is -0.113. The summed E-state index contributed by atoms with van der Waals surface area (Å²) in [6.07, 6.45) is 1.71. The number of anilines is 1. The topological polar surface area (TPSA) is 80.9 Å². The molecule has 0 aliphatic carbocycles. The highest BCUT2D eigenvalue weighted by atomic mass is 32.2. The van der Waals surface area contributed by atoms with Crippen molar-refractivity contribution in [3.05, 3.63) is 42.3 Å². The Kier molecular flexibility index (Phi) is 3.83. The number of amides is 1. The molecule has 0 saturated heterocycles. The van der Waals surface area contributed by atoms with E-state index in [1.807, 2.05) is 24.3 Å². The van der Waals surface area contributed by atoms with E-state index >= 15 is 0 Å². The van der Waals surface area contributed by atoms with Gasteiger partial charge in [-0.15, -0.1) is 5.10 Å². The molecule has 0 atom stereocenters. The van der Waals surface area contributed by atoms with Crippen LogP contribution in [0.4, 0.5) is 5.82 Å². The fourth-order valence-corrected chi connectivity index (χ4v) is 2.63. The number of carbonyl (C=O) groups is 1. The van der Waals surface area contributed by atoms with Crippen LogP contribution in [0.15, 0.2) is 46.1 Å². The molecule has 106 valence electrons. The van der Waals surface area contributed by atoms with Gasteiger partial charge in [0.15, 0.2) is 5.82 Å². The van der Waals surface area contributed by atoms with E-state index in [1.54, 1.807) is 19.2 Å². The maximum absolute atomic E-state index is 11.9. The summed E-state index contributed by atoms with van der Waals surface area (Å²) in [7, 11) is 0. The van der Waals surface area contributed by atoms with Crippen molar-refractivity contribution in [2.75, 3.05) is 11.1 Å². The smallest absolute Gasteiger partial charge is 0.236 e. The van der Waals surface area contributed by atoms with Gasteiger partial charge in [-0.05, 0) is 6.92 Å². The second-order valence-electron chi connectivity index (χ2n) is 4.40. The third-order valence-electron chi connectivity index (χ3n) is 2.77. The normalized spacial score (nSPS) is 10.7. The predicted molar refractivity (Wildman–Crippen MR) is 80.1 cm³/mol. The van der Waals surface area contributed by atoms with E-state index in [9.17, 15) is 4.79 Å². The standard InChI is InChI=1S/C14H12N4O2S/c1-9-6-12(18-20-9)16-13(19)8-21-14-11-5-3-2-4-10(11)7-15-17-14/h2-7H,8H2,1H3,(H,16,18,19). The summed E-state index contributed by atoms with van der Waals surface area (Å²) < 4.78 is 4.89. The summed E-state index contributed by atoms with van der Waals surface area (Å²) >= 11 is 1.34. The molecule has 2 aromatic heterocycles. The number of thioether (sulfide) groups is 1. The Labute approximate surface area is 124 Å². The van der Waals surface area contributed by atoms with Gasteiger partial charge in [-0.2, -0.15) is 5.10 Å². The molecule has 1 aromatic carbocycles. The number of aryl methyl sites for hydroxylation is 1. The Morgan fingerprint density at radius 1 is 1.38 bits per heavy atom. The minimum atomic E-state index is -0.164. The maximum atomic E-state index is 11.9. The SMILES string of the molecule is Cc1cc(NC(=O)CSc2nncc3ccccc23)no1. The average molecular weight is 300 g/mol. The Bertz CT molecular complexity index is 782. The van der Waals surface area contributed by atoms with Gasteiger partial charge < -0.3 is 9.84 Å². The van der Waals surface area contributed by atoms with Gasteiger partial charge in [0.05, 0.1) is 11.9 Å². The first-order valence-corrected chi connectivity index (χ1v) is 7.27. The maximum Gasteiger partial charge on any atom is 0.236 e. The molecule has 0 radical (unpaired) electrons. The summed E-state index contributed by atoms with van der Waals surface area (Å²) in [5.41, 5.74) is 0. The van der Waals surface area contributed by atoms with Crippen LogP contribution in [0.3, 0.4) is 0 Å². The summed E-state index contributed by atoms with van der Waals surface area (Å²) in [6.45, 7) is 1.77. The molecule has 0 saturated carbocycles. The van der Waals surface area contributed by atoms with Crippen molar-refractivity contribution >= 4 is 34.3 Å². The minimum Gasteiger partial charge on any atom is -0.360 e. The highest BCUT2D eigenvalue weighted by Gasteiger charge is 2.09. The van der Waals surface area contributed by atoms with Gasteiger partial charge in [0.25, 0.3) is 0 Å². The van der Waals surface area contributed by atoms with E-state index in [-0.39, 0.29) is 11.7 Å². The third kappa shape index (κ3) is 3.19. The lowest BCUT2D eigenvalue weighted by atomic mass is 10.2. The van der Waals surface area contributed by atoms with E-state index in [2.05, 4.69) is 20.7 Å². The van der Waals surface area contributed by atoms with E-state index in [0.29, 0.717) is 11.6 Å². The van der Waals surface area contributed by atoms with E-state index in [1.165, 1.54) is 11.8 Å². The number of aromatic nitrogens is 3. The summed E-state index contributed by atoms with van der Waals surface area (Å²) in [5, 5.41) is 17.1. The number of nitrogens with one attached hydrogen (secondary N) is 1. The van der Waals surface area contributed by atoms with Crippen molar-refractivity contribution in [1.82, 2.24) is 15.4 Å². The highest BCUT2D eigenvalue weighted by Crippen LogP contribution is 2.24. The minimum absolute atomic E-state index is 0.164. The summed E-state index contributed by atoms with van der Waals surface area (Å²) in [5.74, 6) is 1.14. The number of benzene rings is 1. The monoisotopic (exact) mass is 300 g/mol. The van der Waals surface area contributed by atoms with Gasteiger partial charge in [0.1, 0.15) is 10.8 Å². The first-order valence-electron chi connectivity index (χ1n) is 6.29. The van der Waals surface area contributed by atoms with Gasteiger partial charge in [0.2, 0.25) is 5.91 Å². The van der Waals surface area contributed by atoms with Crippen molar-refractivity contribution < 1.29 is 9.32 Å². The molecule has 1 N–H and O–H groups in total. The summed E-state index contributed by atoms with van der Waals surface area (Å²) in [6, 6.07) is 9.47. The lowest BCUT2D eigenvalue weighted by Crippen LogP contribution is -2.14. The van der Waals surface area contributed by atoms with Gasteiger partial charge in [0, 0.05) is 16.8 Å². The van der Waals surface area contributed by atoms with E-state index in [4.69, 9.17) is 4.52 Å². The van der Waals surface area contributed by atoms with Crippen molar-refractivity contribution in [3.8, 4) is 0 Å². The molecule has 6 nitrogen and oxygen atoms in total. The molecule has 0 spiro atoms. The first kappa shape index (κ1) is 13.6. The molecule has 21 heavy (non-hydrogen) atoms. The van der Waals surface area contributed by atoms with Crippen LogP contribution >= 0.6 is 11.8 Å². The Morgan fingerprint density at radius 3 is 3.05 bits per heavy atom. The van der Waals surface area contributed by atoms with Crippen molar-refractivity contribution in [3.63, 3.8) is 0 Å². The van der Waals surface area contributed by atoms with Gasteiger partial charge in [-0.3, -0.25) is 4.79 Å². The second-order valence-corrected chi connectivity index (χ2v) is 5.36. The largest absolute Gasteiger partial charge is 0.360 e. The molecule has 0 bridgehead atoms. The number of rotatable bonds is 4. The zero-order chi connectivity index (χ0) is 14.7. The molecular weight excluding hydrogens is 288 g/mol. The fraction of sp³-hybridized carbons (Fsp3) is 0.143. The molecule has 0 aliphatic heterocycles. The Balaban J connectivity index is 1.67. The molecule has 3 aromatic rings. The zero-order valence-corrected chi connectivity index (χ0v) is 12.1. The van der Waals surface area contributed by atoms with Crippen LogP contribution in [0.5, 0.6) is 0 Å².